The molecule has 198 valence electrons. The van der Waals surface area contributed by atoms with E-state index in [1.54, 1.807) is 24.3 Å². The van der Waals surface area contributed by atoms with Gasteiger partial charge >= 0.3 is 0 Å². The van der Waals surface area contributed by atoms with E-state index in [4.69, 9.17) is 4.74 Å². The van der Waals surface area contributed by atoms with Gasteiger partial charge in [0.05, 0.1) is 25.0 Å². The Morgan fingerprint density at radius 1 is 0.868 bits per heavy atom. The molecular weight excluding hydrogens is 496 g/mol. The Morgan fingerprint density at radius 3 is 2.18 bits per heavy atom. The van der Waals surface area contributed by atoms with Crippen molar-refractivity contribution in [2.24, 2.45) is 0 Å². The van der Waals surface area contributed by atoms with E-state index in [2.05, 4.69) is 38.2 Å². The number of nitrogens with one attached hydrogen (secondary N) is 1. The molecule has 0 saturated heterocycles. The molecule has 1 N–H and O–H groups in total. The molecule has 0 bridgehead atoms. The van der Waals surface area contributed by atoms with Gasteiger partial charge in [-0.1, -0.05) is 81.4 Å². The van der Waals surface area contributed by atoms with Crippen molar-refractivity contribution in [1.29, 1.82) is 0 Å². The molecule has 0 aliphatic carbocycles. The fourth-order valence-electron chi connectivity index (χ4n) is 4.22. The van der Waals surface area contributed by atoms with E-state index in [9.17, 15) is 13.2 Å². The molecule has 0 unspecified atom stereocenters. The van der Waals surface area contributed by atoms with Gasteiger partial charge < -0.3 is 10.1 Å². The second-order valence-corrected chi connectivity index (χ2v) is 12.3. The highest BCUT2D eigenvalue weighted by molar-refractivity contribution is 7.92. The fraction of sp³-hybridized carbons (Fsp3) is 0.258. The third-order valence-corrected chi connectivity index (χ3v) is 7.48. The third-order valence-electron chi connectivity index (χ3n) is 6.35. The maximum Gasteiger partial charge on any atom is 0.251 e. The summed E-state index contributed by atoms with van der Waals surface area (Å²) >= 11 is 0. The Balaban J connectivity index is 1.36. The number of amides is 1. The predicted molar refractivity (Wildman–Crippen MR) is 154 cm³/mol. The van der Waals surface area contributed by atoms with Crippen molar-refractivity contribution >= 4 is 32.4 Å². The molecule has 0 heterocycles. The molecule has 1 amide bonds. The Hall–Kier alpha value is -3.84. The van der Waals surface area contributed by atoms with Gasteiger partial charge in [0.1, 0.15) is 12.4 Å². The van der Waals surface area contributed by atoms with Gasteiger partial charge in [-0.2, -0.15) is 0 Å². The maximum atomic E-state index is 12.7. The highest BCUT2D eigenvalue weighted by Gasteiger charge is 2.20. The van der Waals surface area contributed by atoms with Crippen LogP contribution < -0.4 is 14.4 Å². The van der Waals surface area contributed by atoms with Crippen LogP contribution in [0.1, 0.15) is 42.3 Å². The average molecular weight is 531 g/mol. The van der Waals surface area contributed by atoms with Crippen molar-refractivity contribution < 1.29 is 17.9 Å². The van der Waals surface area contributed by atoms with Crippen molar-refractivity contribution in [3.05, 3.63) is 108 Å². The average Bonchev–Trinajstić information content (AvgIpc) is 2.89. The van der Waals surface area contributed by atoms with Gasteiger partial charge in [0.25, 0.3) is 5.91 Å². The molecule has 0 fully saturated rings. The van der Waals surface area contributed by atoms with Crippen LogP contribution in [-0.2, 0) is 22.0 Å². The van der Waals surface area contributed by atoms with Crippen molar-refractivity contribution in [3.8, 4) is 5.75 Å². The predicted octanol–water partition coefficient (Wildman–Crippen LogP) is 5.91. The van der Waals surface area contributed by atoms with E-state index >= 15 is 0 Å². The van der Waals surface area contributed by atoms with Crippen LogP contribution in [0.2, 0.25) is 0 Å². The zero-order chi connectivity index (χ0) is 27.3. The lowest BCUT2D eigenvalue weighted by atomic mass is 9.87. The minimum Gasteiger partial charge on any atom is -0.492 e. The molecule has 4 rings (SSSR count). The van der Waals surface area contributed by atoms with Crippen LogP contribution in [-0.4, -0.2) is 33.7 Å². The highest BCUT2D eigenvalue weighted by atomic mass is 32.2. The molecule has 38 heavy (non-hydrogen) atoms. The van der Waals surface area contributed by atoms with Crippen LogP contribution in [0.4, 0.5) is 5.69 Å². The SMILES string of the molecule is CC(C)(C)c1ccc(OCCNC(=O)c2ccc(CN(c3cccc4ccccc34)S(C)(=O)=O)cc2)cc1. The highest BCUT2D eigenvalue weighted by Crippen LogP contribution is 2.30. The summed E-state index contributed by atoms with van der Waals surface area (Å²) in [5.41, 5.74) is 3.22. The first-order valence-corrected chi connectivity index (χ1v) is 14.4. The fourth-order valence-corrected chi connectivity index (χ4v) is 5.12. The molecule has 0 saturated carbocycles. The molecule has 0 aromatic heterocycles. The van der Waals surface area contributed by atoms with Gasteiger partial charge in [0.15, 0.2) is 0 Å². The number of nitrogens with zero attached hydrogens (tertiary/aromatic N) is 1. The van der Waals surface area contributed by atoms with Gasteiger partial charge in [0.2, 0.25) is 10.0 Å². The Kier molecular flexibility index (Phi) is 8.07. The largest absolute Gasteiger partial charge is 0.492 e. The Labute approximate surface area is 225 Å². The number of hydrogen-bond acceptors (Lipinski definition) is 4. The molecule has 0 atom stereocenters. The summed E-state index contributed by atoms with van der Waals surface area (Å²) in [5, 5.41) is 4.70. The molecule has 0 aliphatic rings. The smallest absolute Gasteiger partial charge is 0.251 e. The summed E-state index contributed by atoms with van der Waals surface area (Å²) in [6.07, 6.45) is 1.21. The number of ether oxygens (including phenoxy) is 1. The topological polar surface area (TPSA) is 75.7 Å². The third kappa shape index (κ3) is 6.72. The van der Waals surface area contributed by atoms with Gasteiger partial charge in [-0.25, -0.2) is 8.42 Å². The van der Waals surface area contributed by atoms with E-state index in [-0.39, 0.29) is 17.9 Å². The lowest BCUT2D eigenvalue weighted by Crippen LogP contribution is -2.30. The summed E-state index contributed by atoms with van der Waals surface area (Å²) in [6, 6.07) is 28.3. The maximum absolute atomic E-state index is 12.7. The number of benzene rings is 4. The second kappa shape index (κ2) is 11.3. The first-order chi connectivity index (χ1) is 18.0. The molecular formula is C31H34N2O4S. The molecule has 0 aliphatic heterocycles. The van der Waals surface area contributed by atoms with Gasteiger partial charge in [0, 0.05) is 10.9 Å². The first kappa shape index (κ1) is 27.2. The van der Waals surface area contributed by atoms with E-state index in [1.807, 2.05) is 54.6 Å². The number of carbonyl (C=O) groups excluding carboxylic acids is 1. The monoisotopic (exact) mass is 530 g/mol. The first-order valence-electron chi connectivity index (χ1n) is 12.6. The summed E-state index contributed by atoms with van der Waals surface area (Å²) < 4.78 is 32.6. The number of anilines is 1. The van der Waals surface area contributed by atoms with Gasteiger partial charge in [-0.15, -0.1) is 0 Å². The summed E-state index contributed by atoms with van der Waals surface area (Å²) in [6.45, 7) is 7.38. The van der Waals surface area contributed by atoms with Crippen molar-refractivity contribution in [3.63, 3.8) is 0 Å². The standard InChI is InChI=1S/C31H34N2O4S/c1-31(2,3)26-16-18-27(19-17-26)37-21-20-32-30(34)25-14-12-23(13-15-25)22-33(38(4,35)36)29-11-7-9-24-8-5-6-10-28(24)29/h5-19H,20-22H2,1-4H3,(H,32,34). The van der Waals surface area contributed by atoms with Crippen molar-refractivity contribution in [1.82, 2.24) is 5.32 Å². The molecule has 0 radical (unpaired) electrons. The van der Waals surface area contributed by atoms with Gasteiger partial charge in [-0.3, -0.25) is 9.10 Å². The number of carbonyl (C=O) groups is 1. The van der Waals surface area contributed by atoms with Crippen LogP contribution in [0.15, 0.2) is 91.0 Å². The number of fused-ring (bicyclic) bond motifs is 1. The minimum atomic E-state index is -3.54. The number of sulfonamides is 1. The Bertz CT molecular complexity index is 1500. The summed E-state index contributed by atoms with van der Waals surface area (Å²) in [7, 11) is -3.54. The van der Waals surface area contributed by atoms with Crippen LogP contribution in [0.3, 0.4) is 0 Å². The lowest BCUT2D eigenvalue weighted by molar-refractivity contribution is 0.0947. The van der Waals surface area contributed by atoms with E-state index in [0.717, 1.165) is 22.1 Å². The molecule has 0 spiro atoms. The Morgan fingerprint density at radius 2 is 1.53 bits per heavy atom. The molecule has 6 nitrogen and oxygen atoms in total. The molecule has 4 aromatic carbocycles. The zero-order valence-corrected chi connectivity index (χ0v) is 23.1. The van der Waals surface area contributed by atoms with Crippen LogP contribution in [0.5, 0.6) is 5.75 Å². The quantitative estimate of drug-likeness (QED) is 0.273. The minimum absolute atomic E-state index is 0.0844. The van der Waals surface area contributed by atoms with Crippen molar-refractivity contribution in [2.45, 2.75) is 32.7 Å². The second-order valence-electron chi connectivity index (χ2n) is 10.3. The van der Waals surface area contributed by atoms with Crippen molar-refractivity contribution in [2.75, 3.05) is 23.7 Å². The zero-order valence-electron chi connectivity index (χ0n) is 22.3. The molecule has 4 aromatic rings. The van der Waals surface area contributed by atoms with E-state index < -0.39 is 10.0 Å². The number of hydrogen-bond donors (Lipinski definition) is 1. The number of rotatable bonds is 9. The van der Waals surface area contributed by atoms with Gasteiger partial charge in [-0.05, 0) is 52.3 Å². The normalized spacial score (nSPS) is 11.8. The van der Waals surface area contributed by atoms with Crippen LogP contribution in [0.25, 0.3) is 10.8 Å². The van der Waals surface area contributed by atoms with Crippen LogP contribution in [0, 0.1) is 0 Å². The summed E-state index contributed by atoms with van der Waals surface area (Å²) in [5.74, 6) is 0.551. The van der Waals surface area contributed by atoms with E-state index in [1.165, 1.54) is 16.1 Å². The van der Waals surface area contributed by atoms with Crippen LogP contribution >= 0.6 is 0 Å². The summed E-state index contributed by atoms with van der Waals surface area (Å²) in [4.78, 5) is 12.6. The lowest BCUT2D eigenvalue weighted by Gasteiger charge is -2.24. The van der Waals surface area contributed by atoms with E-state index in [0.29, 0.717) is 24.4 Å². The molecule has 7 heteroatoms.